The largest absolute Gasteiger partial charge is 0.305 e. The number of hydrogen-bond donors (Lipinski definition) is 1. The maximum atomic E-state index is 14.3. The van der Waals surface area contributed by atoms with E-state index in [4.69, 9.17) is 23.2 Å². The number of hydrogen-bond acceptors (Lipinski definition) is 2. The molecule has 1 aromatic carbocycles. The molecule has 0 bridgehead atoms. The number of halogens is 3. The summed E-state index contributed by atoms with van der Waals surface area (Å²) >= 11 is 12.5. The van der Waals surface area contributed by atoms with E-state index < -0.39 is 6.04 Å². The van der Waals surface area contributed by atoms with Crippen molar-refractivity contribution in [2.75, 3.05) is 6.54 Å². The van der Waals surface area contributed by atoms with Crippen LogP contribution in [0.4, 0.5) is 4.39 Å². The molecular weight excluding hydrogens is 312 g/mol. The fraction of sp³-hybridized carbons (Fsp3) is 0.400. The zero-order chi connectivity index (χ0) is 15.4. The molecule has 1 atom stereocenters. The molecule has 0 spiro atoms. The Morgan fingerprint density at radius 2 is 2.05 bits per heavy atom. The van der Waals surface area contributed by atoms with Crippen molar-refractivity contribution < 1.29 is 4.39 Å². The van der Waals surface area contributed by atoms with Gasteiger partial charge in [0, 0.05) is 17.1 Å². The van der Waals surface area contributed by atoms with E-state index in [1.807, 2.05) is 13.8 Å². The molecule has 114 valence electrons. The topological polar surface area (TPSA) is 29.9 Å². The molecule has 0 aliphatic carbocycles. The van der Waals surface area contributed by atoms with Crippen LogP contribution in [0.5, 0.6) is 0 Å². The molecule has 2 aromatic rings. The molecule has 21 heavy (non-hydrogen) atoms. The molecule has 0 radical (unpaired) electrons. The standard InChI is InChI=1S/C15H18Cl2FN3/c1-3-8-19-14(13-10(16)6-5-7-12(13)18)15-11(17)9-20-21(15)4-2/h5-7,9,14,19H,3-4,8H2,1-2H3. The molecule has 2 rings (SSSR count). The SMILES string of the molecule is CCCNC(c1c(F)cccc1Cl)c1c(Cl)cnn1CC. The normalized spacial score (nSPS) is 12.6. The van der Waals surface area contributed by atoms with Crippen molar-refractivity contribution in [3.8, 4) is 0 Å². The maximum absolute atomic E-state index is 14.3. The number of aromatic nitrogens is 2. The van der Waals surface area contributed by atoms with E-state index in [0.717, 1.165) is 18.7 Å². The highest BCUT2D eigenvalue weighted by Gasteiger charge is 2.26. The molecule has 6 heteroatoms. The molecule has 0 saturated carbocycles. The molecule has 0 fully saturated rings. The van der Waals surface area contributed by atoms with Gasteiger partial charge < -0.3 is 5.32 Å². The summed E-state index contributed by atoms with van der Waals surface area (Å²) in [7, 11) is 0. The third-order valence-electron chi connectivity index (χ3n) is 3.29. The fourth-order valence-electron chi connectivity index (χ4n) is 2.32. The van der Waals surface area contributed by atoms with Crippen LogP contribution in [0.3, 0.4) is 0 Å². The molecule has 0 aliphatic heterocycles. The lowest BCUT2D eigenvalue weighted by Crippen LogP contribution is -2.27. The van der Waals surface area contributed by atoms with Gasteiger partial charge in [0.05, 0.1) is 23.0 Å². The third kappa shape index (κ3) is 3.39. The Hall–Kier alpha value is -1.10. The Balaban J connectivity index is 2.55. The van der Waals surface area contributed by atoms with Gasteiger partial charge in [-0.15, -0.1) is 0 Å². The zero-order valence-corrected chi connectivity index (χ0v) is 13.5. The van der Waals surface area contributed by atoms with Crippen molar-refractivity contribution in [3.63, 3.8) is 0 Å². The van der Waals surface area contributed by atoms with Gasteiger partial charge in [-0.1, -0.05) is 36.2 Å². The van der Waals surface area contributed by atoms with Gasteiger partial charge >= 0.3 is 0 Å². The molecule has 3 nitrogen and oxygen atoms in total. The van der Waals surface area contributed by atoms with E-state index in [9.17, 15) is 4.39 Å². The van der Waals surface area contributed by atoms with Crippen LogP contribution in [0.25, 0.3) is 0 Å². The van der Waals surface area contributed by atoms with E-state index >= 15 is 0 Å². The van der Waals surface area contributed by atoms with Crippen LogP contribution in [0.15, 0.2) is 24.4 Å². The second kappa shape index (κ2) is 7.25. The molecule has 1 heterocycles. The van der Waals surface area contributed by atoms with E-state index in [1.54, 1.807) is 23.0 Å². The number of benzene rings is 1. The van der Waals surface area contributed by atoms with E-state index in [-0.39, 0.29) is 5.82 Å². The van der Waals surface area contributed by atoms with E-state index in [1.165, 1.54) is 6.07 Å². The minimum Gasteiger partial charge on any atom is -0.305 e. The Morgan fingerprint density at radius 1 is 1.29 bits per heavy atom. The van der Waals surface area contributed by atoms with E-state index in [0.29, 0.717) is 22.2 Å². The monoisotopic (exact) mass is 329 g/mol. The Labute approximate surface area is 134 Å². The highest BCUT2D eigenvalue weighted by atomic mass is 35.5. The van der Waals surface area contributed by atoms with Crippen molar-refractivity contribution in [2.45, 2.75) is 32.9 Å². The zero-order valence-electron chi connectivity index (χ0n) is 12.0. The second-order valence-corrected chi connectivity index (χ2v) is 5.53. The minimum absolute atomic E-state index is 0.351. The van der Waals surface area contributed by atoms with Gasteiger partial charge in [-0.25, -0.2) is 4.39 Å². The average Bonchev–Trinajstić information content (AvgIpc) is 2.83. The Morgan fingerprint density at radius 3 is 2.67 bits per heavy atom. The van der Waals surface area contributed by atoms with E-state index in [2.05, 4.69) is 10.4 Å². The smallest absolute Gasteiger partial charge is 0.129 e. The summed E-state index contributed by atoms with van der Waals surface area (Å²) in [5.41, 5.74) is 1.14. The van der Waals surface area contributed by atoms with Crippen molar-refractivity contribution >= 4 is 23.2 Å². The van der Waals surface area contributed by atoms with Gasteiger partial charge in [0.25, 0.3) is 0 Å². The molecule has 1 aromatic heterocycles. The molecular formula is C15H18Cl2FN3. The van der Waals surface area contributed by atoms with Crippen LogP contribution in [0, 0.1) is 5.82 Å². The first-order chi connectivity index (χ1) is 10.1. The number of nitrogens with zero attached hydrogens (tertiary/aromatic N) is 2. The lowest BCUT2D eigenvalue weighted by molar-refractivity contribution is 0.506. The summed E-state index contributed by atoms with van der Waals surface area (Å²) in [6.07, 6.45) is 2.50. The highest BCUT2D eigenvalue weighted by molar-refractivity contribution is 6.32. The summed E-state index contributed by atoms with van der Waals surface area (Å²) in [5.74, 6) is -0.351. The van der Waals surface area contributed by atoms with Crippen molar-refractivity contribution in [1.82, 2.24) is 15.1 Å². The van der Waals surface area contributed by atoms with Gasteiger partial charge in [0.2, 0.25) is 0 Å². The summed E-state index contributed by atoms with van der Waals surface area (Å²) < 4.78 is 16.1. The Kier molecular flexibility index (Phi) is 5.62. The first-order valence-corrected chi connectivity index (χ1v) is 7.74. The van der Waals surface area contributed by atoms with Gasteiger partial charge in [-0.05, 0) is 32.0 Å². The first kappa shape index (κ1) is 16.3. The van der Waals surface area contributed by atoms with Crippen molar-refractivity contribution in [3.05, 3.63) is 51.5 Å². The van der Waals surface area contributed by atoms with Crippen molar-refractivity contribution in [1.29, 1.82) is 0 Å². The molecule has 1 N–H and O–H groups in total. The third-order valence-corrected chi connectivity index (χ3v) is 3.91. The average molecular weight is 330 g/mol. The lowest BCUT2D eigenvalue weighted by Gasteiger charge is -2.22. The molecule has 0 saturated heterocycles. The Bertz CT molecular complexity index is 593. The summed E-state index contributed by atoms with van der Waals surface area (Å²) in [6.45, 7) is 5.39. The predicted octanol–water partition coefficient (Wildman–Crippen LogP) is 4.44. The lowest BCUT2D eigenvalue weighted by atomic mass is 10.0. The minimum atomic E-state index is -0.423. The van der Waals surface area contributed by atoms with Crippen LogP contribution < -0.4 is 5.32 Å². The number of rotatable bonds is 6. The fourth-order valence-corrected chi connectivity index (χ4v) is 2.84. The maximum Gasteiger partial charge on any atom is 0.129 e. The number of aryl methyl sites for hydroxylation is 1. The summed E-state index contributed by atoms with van der Waals surface area (Å²) in [5, 5.41) is 8.43. The van der Waals surface area contributed by atoms with Gasteiger partial charge in [0.15, 0.2) is 0 Å². The molecule has 0 aliphatic rings. The number of nitrogens with one attached hydrogen (secondary N) is 1. The first-order valence-electron chi connectivity index (χ1n) is 6.98. The summed E-state index contributed by atoms with van der Waals surface area (Å²) in [6, 6.07) is 4.26. The highest BCUT2D eigenvalue weighted by Crippen LogP contribution is 2.34. The van der Waals surface area contributed by atoms with Crippen LogP contribution >= 0.6 is 23.2 Å². The van der Waals surface area contributed by atoms with Crippen molar-refractivity contribution in [2.24, 2.45) is 0 Å². The van der Waals surface area contributed by atoms with Crippen LogP contribution in [-0.4, -0.2) is 16.3 Å². The van der Waals surface area contributed by atoms with Crippen LogP contribution in [0.2, 0.25) is 10.0 Å². The van der Waals surface area contributed by atoms with Crippen LogP contribution in [-0.2, 0) is 6.54 Å². The van der Waals surface area contributed by atoms with Gasteiger partial charge in [0.1, 0.15) is 5.82 Å². The molecule has 0 amide bonds. The summed E-state index contributed by atoms with van der Waals surface area (Å²) in [4.78, 5) is 0. The quantitative estimate of drug-likeness (QED) is 0.849. The second-order valence-electron chi connectivity index (χ2n) is 4.72. The van der Waals surface area contributed by atoms with Gasteiger partial charge in [-0.3, -0.25) is 4.68 Å². The predicted molar refractivity (Wildman–Crippen MR) is 84.5 cm³/mol. The van der Waals surface area contributed by atoms with Crippen LogP contribution in [0.1, 0.15) is 37.6 Å². The molecule has 1 unspecified atom stereocenters. The van der Waals surface area contributed by atoms with Gasteiger partial charge in [-0.2, -0.15) is 5.10 Å².